The van der Waals surface area contributed by atoms with Crippen molar-refractivity contribution in [2.75, 3.05) is 26.8 Å². The lowest BCUT2D eigenvalue weighted by Gasteiger charge is -2.40. The van der Waals surface area contributed by atoms with Crippen LogP contribution in [0.2, 0.25) is 0 Å². The first-order chi connectivity index (χ1) is 12.1. The lowest BCUT2D eigenvalue weighted by molar-refractivity contribution is -0.143. The molecular formula is C18H23N3O4. The maximum absolute atomic E-state index is 11.9. The van der Waals surface area contributed by atoms with E-state index in [4.69, 9.17) is 14.0 Å². The fourth-order valence-corrected chi connectivity index (χ4v) is 2.64. The Morgan fingerprint density at radius 3 is 2.84 bits per heavy atom. The molecule has 7 heteroatoms. The van der Waals surface area contributed by atoms with E-state index in [1.807, 2.05) is 43.0 Å². The summed E-state index contributed by atoms with van der Waals surface area (Å²) in [7, 11) is 1.63. The molecule has 3 rings (SSSR count). The van der Waals surface area contributed by atoms with E-state index in [9.17, 15) is 4.79 Å². The first-order valence-corrected chi connectivity index (χ1v) is 8.45. The highest BCUT2D eigenvalue weighted by Crippen LogP contribution is 2.30. The fraction of sp³-hybridized carbons (Fsp3) is 0.500. The first kappa shape index (κ1) is 17.4. The summed E-state index contributed by atoms with van der Waals surface area (Å²) in [5.74, 6) is 1.89. The first-order valence-electron chi connectivity index (χ1n) is 8.45. The molecule has 1 amide bonds. The second-order valence-corrected chi connectivity index (χ2v) is 6.39. The number of carbonyl (C=O) groups is 1. The van der Waals surface area contributed by atoms with Crippen molar-refractivity contribution in [3.8, 4) is 17.2 Å². The summed E-state index contributed by atoms with van der Waals surface area (Å²) in [6.45, 7) is 5.56. The molecule has 2 heterocycles. The number of hydrogen-bond acceptors (Lipinski definition) is 6. The monoisotopic (exact) mass is 345 g/mol. The zero-order chi connectivity index (χ0) is 17.8. The largest absolute Gasteiger partial charge is 0.486 e. The highest BCUT2D eigenvalue weighted by atomic mass is 16.5. The molecule has 0 spiro atoms. The third-order valence-electron chi connectivity index (χ3n) is 4.06. The van der Waals surface area contributed by atoms with E-state index in [1.165, 1.54) is 0 Å². The van der Waals surface area contributed by atoms with E-state index in [0.717, 1.165) is 5.56 Å². The number of amides is 1. The normalized spacial score (nSPS) is 14.6. The van der Waals surface area contributed by atoms with Gasteiger partial charge in [-0.1, -0.05) is 31.1 Å². The van der Waals surface area contributed by atoms with Gasteiger partial charge in [-0.3, -0.25) is 4.79 Å². The molecule has 7 nitrogen and oxygen atoms in total. The zero-order valence-electron chi connectivity index (χ0n) is 14.8. The van der Waals surface area contributed by atoms with Crippen LogP contribution in [0.1, 0.15) is 19.7 Å². The highest BCUT2D eigenvalue weighted by molar-refractivity contribution is 5.79. The van der Waals surface area contributed by atoms with Gasteiger partial charge in [0.05, 0.1) is 25.3 Å². The van der Waals surface area contributed by atoms with Gasteiger partial charge in [0.1, 0.15) is 11.9 Å². The molecule has 0 N–H and O–H groups in total. The summed E-state index contributed by atoms with van der Waals surface area (Å²) in [6, 6.07) is 7.56. The average Bonchev–Trinajstić information content (AvgIpc) is 3.04. The molecular weight excluding hydrogens is 322 g/mol. The lowest BCUT2D eigenvalue weighted by atomic mass is 10.1. The maximum Gasteiger partial charge on any atom is 0.261 e. The summed E-state index contributed by atoms with van der Waals surface area (Å²) < 4.78 is 16.4. The third-order valence-corrected chi connectivity index (χ3v) is 4.06. The quantitative estimate of drug-likeness (QED) is 0.765. The predicted octanol–water partition coefficient (Wildman–Crippen LogP) is 2.17. The van der Waals surface area contributed by atoms with Crippen molar-refractivity contribution in [2.45, 2.75) is 26.4 Å². The van der Waals surface area contributed by atoms with Gasteiger partial charge in [-0.15, -0.1) is 0 Å². The zero-order valence-corrected chi connectivity index (χ0v) is 14.8. The van der Waals surface area contributed by atoms with Gasteiger partial charge in [0.15, 0.2) is 5.82 Å². The van der Waals surface area contributed by atoms with Crippen LogP contribution in [0.5, 0.6) is 5.75 Å². The molecule has 0 saturated carbocycles. The van der Waals surface area contributed by atoms with E-state index in [-0.39, 0.29) is 17.9 Å². The van der Waals surface area contributed by atoms with Crippen LogP contribution in [-0.2, 0) is 16.0 Å². The van der Waals surface area contributed by atoms with Crippen LogP contribution in [0.15, 0.2) is 28.8 Å². The van der Waals surface area contributed by atoms with Gasteiger partial charge in [-0.25, -0.2) is 0 Å². The van der Waals surface area contributed by atoms with Crippen LogP contribution < -0.4 is 4.74 Å². The van der Waals surface area contributed by atoms with Gasteiger partial charge in [0.2, 0.25) is 5.91 Å². The molecule has 1 aliphatic rings. The van der Waals surface area contributed by atoms with Crippen molar-refractivity contribution >= 4 is 5.91 Å². The van der Waals surface area contributed by atoms with Gasteiger partial charge in [-0.05, 0) is 12.1 Å². The smallest absolute Gasteiger partial charge is 0.261 e. The predicted molar refractivity (Wildman–Crippen MR) is 91.1 cm³/mol. The lowest BCUT2D eigenvalue weighted by Crippen LogP contribution is -2.57. The van der Waals surface area contributed by atoms with Crippen molar-refractivity contribution < 1.29 is 18.8 Å². The average molecular weight is 345 g/mol. The molecule has 1 aliphatic heterocycles. The number of aromatic nitrogens is 2. The van der Waals surface area contributed by atoms with E-state index in [2.05, 4.69) is 10.1 Å². The van der Waals surface area contributed by atoms with Gasteiger partial charge in [-0.2, -0.15) is 4.98 Å². The molecule has 2 aromatic rings. The number of nitrogens with zero attached hydrogens (tertiary/aromatic N) is 3. The number of ether oxygens (including phenoxy) is 2. The summed E-state index contributed by atoms with van der Waals surface area (Å²) >= 11 is 0. The van der Waals surface area contributed by atoms with Crippen LogP contribution in [0.25, 0.3) is 11.5 Å². The van der Waals surface area contributed by atoms with Crippen molar-refractivity contribution in [3.05, 3.63) is 30.1 Å². The summed E-state index contributed by atoms with van der Waals surface area (Å²) in [4.78, 5) is 18.1. The molecule has 1 aromatic heterocycles. The van der Waals surface area contributed by atoms with Crippen LogP contribution in [-0.4, -0.2) is 53.9 Å². The standard InChI is InChI=1S/C18H23N3O4/c1-12(2)18(22)21-10-13(11-21)24-15-7-5-4-6-14(15)17-19-16(20-25-17)8-9-23-3/h4-7,12-13H,8-11H2,1-3H3. The Bertz CT molecular complexity index is 723. The summed E-state index contributed by atoms with van der Waals surface area (Å²) in [6.07, 6.45) is 0.581. The Morgan fingerprint density at radius 1 is 1.36 bits per heavy atom. The molecule has 1 saturated heterocycles. The van der Waals surface area contributed by atoms with E-state index in [0.29, 0.717) is 43.6 Å². The molecule has 0 atom stereocenters. The minimum absolute atomic E-state index is 0.0113. The minimum Gasteiger partial charge on any atom is -0.486 e. The Hall–Kier alpha value is -2.41. The van der Waals surface area contributed by atoms with Gasteiger partial charge in [0.25, 0.3) is 5.89 Å². The Morgan fingerprint density at radius 2 is 2.12 bits per heavy atom. The SMILES string of the molecule is COCCc1noc(-c2ccccc2OC2CN(C(=O)C(C)C)C2)n1. The number of benzene rings is 1. The number of rotatable bonds is 7. The third kappa shape index (κ3) is 3.99. The Balaban J connectivity index is 1.66. The van der Waals surface area contributed by atoms with Gasteiger partial charge >= 0.3 is 0 Å². The summed E-state index contributed by atoms with van der Waals surface area (Å²) in [5.41, 5.74) is 0.757. The highest BCUT2D eigenvalue weighted by Gasteiger charge is 2.33. The Labute approximate surface area is 146 Å². The van der Waals surface area contributed by atoms with Crippen molar-refractivity contribution in [2.24, 2.45) is 5.92 Å². The van der Waals surface area contributed by atoms with Crippen LogP contribution in [0.4, 0.5) is 0 Å². The van der Waals surface area contributed by atoms with Crippen molar-refractivity contribution in [1.29, 1.82) is 0 Å². The molecule has 134 valence electrons. The number of para-hydroxylation sites is 1. The van der Waals surface area contributed by atoms with Crippen LogP contribution in [0.3, 0.4) is 0 Å². The second-order valence-electron chi connectivity index (χ2n) is 6.39. The molecule has 1 fully saturated rings. The van der Waals surface area contributed by atoms with E-state index in [1.54, 1.807) is 7.11 Å². The molecule has 0 aliphatic carbocycles. The van der Waals surface area contributed by atoms with Crippen molar-refractivity contribution in [1.82, 2.24) is 15.0 Å². The number of hydrogen-bond donors (Lipinski definition) is 0. The van der Waals surface area contributed by atoms with Gasteiger partial charge in [0, 0.05) is 19.4 Å². The molecule has 0 unspecified atom stereocenters. The molecule has 25 heavy (non-hydrogen) atoms. The molecule has 1 aromatic carbocycles. The number of carbonyl (C=O) groups excluding carboxylic acids is 1. The second kappa shape index (κ2) is 7.65. The van der Waals surface area contributed by atoms with Crippen LogP contribution >= 0.6 is 0 Å². The fourth-order valence-electron chi connectivity index (χ4n) is 2.64. The Kier molecular flexibility index (Phi) is 5.33. The number of methoxy groups -OCH3 is 1. The number of likely N-dealkylation sites (tertiary alicyclic amines) is 1. The minimum atomic E-state index is -0.0141. The topological polar surface area (TPSA) is 77.7 Å². The molecule has 0 radical (unpaired) electrons. The summed E-state index contributed by atoms with van der Waals surface area (Å²) in [5, 5.41) is 3.96. The van der Waals surface area contributed by atoms with Crippen LogP contribution in [0, 0.1) is 5.92 Å². The molecule has 0 bridgehead atoms. The maximum atomic E-state index is 11.9. The van der Waals surface area contributed by atoms with Crippen molar-refractivity contribution in [3.63, 3.8) is 0 Å². The van der Waals surface area contributed by atoms with E-state index >= 15 is 0 Å². The van der Waals surface area contributed by atoms with E-state index < -0.39 is 0 Å². The van der Waals surface area contributed by atoms with Gasteiger partial charge < -0.3 is 18.9 Å².